The van der Waals surface area contributed by atoms with Gasteiger partial charge in [-0.25, -0.2) is 0 Å². The fraction of sp³-hybridized carbons (Fsp3) is 0.483. The molecule has 2 aromatic rings. The Morgan fingerprint density at radius 2 is 1.62 bits per heavy atom. The summed E-state index contributed by atoms with van der Waals surface area (Å²) in [7, 11) is 0. The van der Waals surface area contributed by atoms with Gasteiger partial charge in [0.2, 0.25) is 11.8 Å². The van der Waals surface area contributed by atoms with Crippen LogP contribution in [-0.4, -0.2) is 76.7 Å². The van der Waals surface area contributed by atoms with Gasteiger partial charge >= 0.3 is 0 Å². The van der Waals surface area contributed by atoms with E-state index in [0.717, 1.165) is 30.5 Å². The van der Waals surface area contributed by atoms with Crippen LogP contribution in [0.1, 0.15) is 55.3 Å². The lowest BCUT2D eigenvalue weighted by Gasteiger charge is -2.42. The maximum atomic E-state index is 13.7. The summed E-state index contributed by atoms with van der Waals surface area (Å²) in [5, 5.41) is 3.61. The summed E-state index contributed by atoms with van der Waals surface area (Å²) in [5.74, 6) is -0.292. The molecule has 1 N–H and O–H groups in total. The van der Waals surface area contributed by atoms with Gasteiger partial charge in [0.05, 0.1) is 23.8 Å². The van der Waals surface area contributed by atoms with Crippen LogP contribution in [0.4, 0.5) is 5.69 Å². The molecule has 0 spiro atoms. The SMILES string of the molecule is O=C1Nc2ccc(-c3ccc(Cl)cc3)cc2C(=O)N2CCN(C(=O)[C@@H]3CCCN3C3CCCCC3)C[C@@H]12. The Hall–Kier alpha value is -2.90. The number of nitrogens with one attached hydrogen (secondary N) is 1. The van der Waals surface area contributed by atoms with Crippen LogP contribution in [0.3, 0.4) is 0 Å². The van der Waals surface area contributed by atoms with E-state index in [4.69, 9.17) is 11.6 Å². The van der Waals surface area contributed by atoms with Crippen molar-refractivity contribution in [1.82, 2.24) is 14.7 Å². The van der Waals surface area contributed by atoms with Crippen molar-refractivity contribution in [3.05, 3.63) is 53.1 Å². The monoisotopic (exact) mass is 520 g/mol. The first-order valence-corrected chi connectivity index (χ1v) is 13.9. The average molecular weight is 521 g/mol. The van der Waals surface area contributed by atoms with Crippen LogP contribution < -0.4 is 5.32 Å². The van der Waals surface area contributed by atoms with E-state index in [9.17, 15) is 14.4 Å². The number of carbonyl (C=O) groups is 3. The molecule has 0 radical (unpaired) electrons. The van der Waals surface area contributed by atoms with Crippen LogP contribution in [0.15, 0.2) is 42.5 Å². The highest BCUT2D eigenvalue weighted by molar-refractivity contribution is 6.30. The van der Waals surface area contributed by atoms with E-state index < -0.39 is 6.04 Å². The summed E-state index contributed by atoms with van der Waals surface area (Å²) in [5.41, 5.74) is 2.82. The van der Waals surface area contributed by atoms with Gasteiger partial charge in [-0.15, -0.1) is 0 Å². The molecule has 0 unspecified atom stereocenters. The molecule has 3 fully saturated rings. The number of fused-ring (bicyclic) bond motifs is 2. The number of likely N-dealkylation sites (tertiary alicyclic amines) is 1. The molecular weight excluding hydrogens is 488 g/mol. The highest BCUT2D eigenvalue weighted by Crippen LogP contribution is 2.33. The van der Waals surface area contributed by atoms with Crippen molar-refractivity contribution < 1.29 is 14.4 Å². The smallest absolute Gasteiger partial charge is 0.256 e. The van der Waals surface area contributed by atoms with E-state index >= 15 is 0 Å². The topological polar surface area (TPSA) is 73.0 Å². The summed E-state index contributed by atoms with van der Waals surface area (Å²) in [4.78, 5) is 46.5. The molecule has 0 aromatic heterocycles. The summed E-state index contributed by atoms with van der Waals surface area (Å²) in [6.45, 7) is 2.02. The Labute approximate surface area is 222 Å². The van der Waals surface area contributed by atoms with E-state index in [1.54, 1.807) is 11.0 Å². The Morgan fingerprint density at radius 3 is 2.41 bits per heavy atom. The van der Waals surface area contributed by atoms with Gasteiger partial charge in [-0.3, -0.25) is 19.3 Å². The van der Waals surface area contributed by atoms with Crippen molar-refractivity contribution in [3.8, 4) is 11.1 Å². The van der Waals surface area contributed by atoms with Gasteiger partial charge in [0.25, 0.3) is 5.91 Å². The number of piperazine rings is 1. The molecule has 2 saturated heterocycles. The molecule has 2 atom stereocenters. The Morgan fingerprint density at radius 1 is 0.865 bits per heavy atom. The van der Waals surface area contributed by atoms with Gasteiger partial charge in [-0.2, -0.15) is 0 Å². The molecule has 37 heavy (non-hydrogen) atoms. The number of amides is 3. The van der Waals surface area contributed by atoms with Crippen LogP contribution in [0.2, 0.25) is 5.02 Å². The third kappa shape index (κ3) is 4.64. The van der Waals surface area contributed by atoms with Crippen molar-refractivity contribution >= 4 is 35.0 Å². The molecule has 6 rings (SSSR count). The number of nitrogens with zero attached hydrogens (tertiary/aromatic N) is 3. The fourth-order valence-corrected chi connectivity index (χ4v) is 6.71. The van der Waals surface area contributed by atoms with Crippen molar-refractivity contribution in [2.24, 2.45) is 0 Å². The molecule has 194 valence electrons. The molecule has 4 aliphatic rings. The summed E-state index contributed by atoms with van der Waals surface area (Å²) >= 11 is 6.04. The lowest BCUT2D eigenvalue weighted by molar-refractivity contribution is -0.141. The Balaban J connectivity index is 1.20. The predicted octanol–water partition coefficient (Wildman–Crippen LogP) is 4.41. The van der Waals surface area contributed by atoms with Crippen LogP contribution in [-0.2, 0) is 9.59 Å². The highest BCUT2D eigenvalue weighted by Gasteiger charge is 2.44. The maximum Gasteiger partial charge on any atom is 0.256 e. The number of carbonyl (C=O) groups excluding carboxylic acids is 3. The normalized spacial score (nSPS) is 24.9. The zero-order valence-electron chi connectivity index (χ0n) is 21.0. The van der Waals surface area contributed by atoms with Crippen LogP contribution in [0, 0.1) is 0 Å². The van der Waals surface area contributed by atoms with Gasteiger partial charge < -0.3 is 15.1 Å². The molecular formula is C29H33ClN4O3. The minimum atomic E-state index is -0.693. The molecule has 1 aliphatic carbocycles. The van der Waals surface area contributed by atoms with Crippen molar-refractivity contribution in [2.45, 2.75) is 63.1 Å². The molecule has 3 amide bonds. The second kappa shape index (κ2) is 10.1. The molecule has 0 bridgehead atoms. The predicted molar refractivity (Wildman–Crippen MR) is 144 cm³/mol. The van der Waals surface area contributed by atoms with Gasteiger partial charge in [-0.05, 0) is 67.6 Å². The minimum absolute atomic E-state index is 0.0988. The standard InChI is InChI=1S/C29H33ClN4O3/c30-21-11-8-19(9-12-21)20-10-13-24-23(17-20)28(36)34-16-15-32(18-26(34)27(35)31-24)29(37)25-7-4-14-33(25)22-5-2-1-3-6-22/h8-13,17,22,25-26H,1-7,14-16,18H2,(H,31,35)/t25-,26-/m0/s1. The van der Waals surface area contributed by atoms with E-state index in [0.29, 0.717) is 35.4 Å². The van der Waals surface area contributed by atoms with Crippen LogP contribution in [0.25, 0.3) is 11.1 Å². The number of hydrogen-bond donors (Lipinski definition) is 1. The zero-order valence-corrected chi connectivity index (χ0v) is 21.8. The second-order valence-electron chi connectivity index (χ2n) is 10.7. The summed E-state index contributed by atoms with van der Waals surface area (Å²) < 4.78 is 0. The minimum Gasteiger partial charge on any atom is -0.337 e. The van der Waals surface area contributed by atoms with E-state index in [2.05, 4.69) is 10.2 Å². The van der Waals surface area contributed by atoms with Crippen LogP contribution in [0.5, 0.6) is 0 Å². The lowest BCUT2D eigenvalue weighted by Crippen LogP contribution is -2.62. The third-order valence-corrected chi connectivity index (χ3v) is 8.82. The third-order valence-electron chi connectivity index (χ3n) is 8.56. The Kier molecular flexibility index (Phi) is 6.67. The molecule has 2 aromatic carbocycles. The zero-order chi connectivity index (χ0) is 25.5. The lowest BCUT2D eigenvalue weighted by atomic mass is 9.93. The quantitative estimate of drug-likeness (QED) is 0.650. The summed E-state index contributed by atoms with van der Waals surface area (Å²) in [6, 6.07) is 12.7. The molecule has 7 nitrogen and oxygen atoms in total. The molecule has 3 heterocycles. The number of anilines is 1. The number of halogens is 1. The molecule has 1 saturated carbocycles. The van der Waals surface area contributed by atoms with Crippen molar-refractivity contribution in [1.29, 1.82) is 0 Å². The van der Waals surface area contributed by atoms with Gasteiger partial charge in [0, 0.05) is 24.2 Å². The van der Waals surface area contributed by atoms with Crippen LogP contribution >= 0.6 is 11.6 Å². The van der Waals surface area contributed by atoms with Crippen molar-refractivity contribution in [2.75, 3.05) is 31.5 Å². The first-order valence-electron chi connectivity index (χ1n) is 13.6. The average Bonchev–Trinajstić information content (AvgIpc) is 3.40. The first-order chi connectivity index (χ1) is 18.0. The van der Waals surface area contributed by atoms with Gasteiger partial charge in [-0.1, -0.05) is 49.1 Å². The van der Waals surface area contributed by atoms with E-state index in [-0.39, 0.29) is 30.3 Å². The van der Waals surface area contributed by atoms with E-state index in [1.807, 2.05) is 41.3 Å². The fourth-order valence-electron chi connectivity index (χ4n) is 6.59. The van der Waals surface area contributed by atoms with E-state index in [1.165, 1.54) is 32.1 Å². The highest BCUT2D eigenvalue weighted by atomic mass is 35.5. The molecule has 8 heteroatoms. The molecule has 3 aliphatic heterocycles. The van der Waals surface area contributed by atoms with Gasteiger partial charge in [0.15, 0.2) is 0 Å². The van der Waals surface area contributed by atoms with Crippen molar-refractivity contribution in [3.63, 3.8) is 0 Å². The number of benzene rings is 2. The number of rotatable bonds is 3. The largest absolute Gasteiger partial charge is 0.337 e. The summed E-state index contributed by atoms with van der Waals surface area (Å²) in [6.07, 6.45) is 8.04. The second-order valence-corrected chi connectivity index (χ2v) is 11.2. The Bertz CT molecular complexity index is 1210. The van der Waals surface area contributed by atoms with Gasteiger partial charge in [0.1, 0.15) is 6.04 Å². The maximum absolute atomic E-state index is 13.7. The first kappa shape index (κ1) is 24.4. The number of hydrogen-bond acceptors (Lipinski definition) is 4.